The number of nitrogens with zero attached hydrogens (tertiary/aromatic N) is 2. The van der Waals surface area contributed by atoms with E-state index in [1.54, 1.807) is 0 Å². The number of rotatable bonds is 3. The quantitative estimate of drug-likeness (QED) is 0.901. The van der Waals surface area contributed by atoms with Crippen LogP contribution in [0.4, 0.5) is 0 Å². The lowest BCUT2D eigenvalue weighted by molar-refractivity contribution is 0.825. The maximum atomic E-state index is 5.66. The summed E-state index contributed by atoms with van der Waals surface area (Å²) in [6, 6.07) is 6.32. The van der Waals surface area contributed by atoms with Crippen LogP contribution in [0.15, 0.2) is 18.2 Å². The van der Waals surface area contributed by atoms with Gasteiger partial charge in [0.05, 0.1) is 11.4 Å². The number of nitrogens with two attached hydrogens (primary N) is 1. The highest BCUT2D eigenvalue weighted by atomic mass is 15.3. The molecule has 2 aromatic rings. The Morgan fingerprint density at radius 1 is 1.22 bits per heavy atom. The molecule has 1 aromatic heterocycles. The Hall–Kier alpha value is -1.61. The van der Waals surface area contributed by atoms with Crippen molar-refractivity contribution in [3.63, 3.8) is 0 Å². The predicted molar refractivity (Wildman–Crippen MR) is 75.0 cm³/mol. The maximum absolute atomic E-state index is 5.66. The van der Waals surface area contributed by atoms with Gasteiger partial charge in [-0.25, -0.2) is 4.68 Å². The molecule has 2 rings (SSSR count). The van der Waals surface area contributed by atoms with Crippen LogP contribution in [0.5, 0.6) is 0 Å². The van der Waals surface area contributed by atoms with Gasteiger partial charge in [0.1, 0.15) is 0 Å². The van der Waals surface area contributed by atoms with Crippen molar-refractivity contribution in [2.24, 2.45) is 5.73 Å². The first-order valence-corrected chi connectivity index (χ1v) is 6.43. The molecule has 1 heterocycles. The molecule has 0 atom stereocenters. The minimum absolute atomic E-state index is 0.582. The van der Waals surface area contributed by atoms with Crippen molar-refractivity contribution < 1.29 is 0 Å². The van der Waals surface area contributed by atoms with Gasteiger partial charge in [0, 0.05) is 12.2 Å². The van der Waals surface area contributed by atoms with Gasteiger partial charge in [-0.2, -0.15) is 5.10 Å². The summed E-state index contributed by atoms with van der Waals surface area (Å²) in [5.41, 5.74) is 12.9. The van der Waals surface area contributed by atoms with Gasteiger partial charge in [-0.05, 0) is 49.9 Å². The van der Waals surface area contributed by atoms with E-state index in [0.717, 1.165) is 23.4 Å². The fourth-order valence-electron chi connectivity index (χ4n) is 2.50. The summed E-state index contributed by atoms with van der Waals surface area (Å²) < 4.78 is 2.05. The number of aromatic nitrogens is 2. The Labute approximate surface area is 109 Å². The van der Waals surface area contributed by atoms with Crippen molar-refractivity contribution in [2.75, 3.05) is 0 Å². The number of aryl methyl sites for hydroxylation is 2. The van der Waals surface area contributed by atoms with Crippen molar-refractivity contribution in [1.29, 1.82) is 0 Å². The Bertz CT molecular complexity index is 567. The second kappa shape index (κ2) is 4.94. The van der Waals surface area contributed by atoms with Gasteiger partial charge in [-0.1, -0.05) is 19.1 Å². The summed E-state index contributed by atoms with van der Waals surface area (Å²) in [6.45, 7) is 9.07. The van der Waals surface area contributed by atoms with E-state index in [1.165, 1.54) is 16.8 Å². The molecule has 0 aliphatic carbocycles. The molecule has 0 unspecified atom stereocenters. The van der Waals surface area contributed by atoms with Crippen molar-refractivity contribution in [1.82, 2.24) is 9.78 Å². The molecule has 96 valence electrons. The molecule has 3 nitrogen and oxygen atoms in total. The lowest BCUT2D eigenvalue weighted by atomic mass is 10.1. The zero-order valence-electron chi connectivity index (χ0n) is 11.6. The number of hydrogen-bond donors (Lipinski definition) is 1. The van der Waals surface area contributed by atoms with Crippen LogP contribution in [0, 0.1) is 20.8 Å². The largest absolute Gasteiger partial charge is 0.326 e. The molecule has 0 bridgehead atoms. The van der Waals surface area contributed by atoms with Crippen molar-refractivity contribution in [3.05, 3.63) is 46.3 Å². The monoisotopic (exact) mass is 243 g/mol. The van der Waals surface area contributed by atoms with Crippen LogP contribution in [-0.2, 0) is 13.0 Å². The molecule has 0 amide bonds. The van der Waals surface area contributed by atoms with Crippen molar-refractivity contribution in [2.45, 2.75) is 40.7 Å². The second-order valence-electron chi connectivity index (χ2n) is 4.74. The van der Waals surface area contributed by atoms with Crippen LogP contribution >= 0.6 is 0 Å². The van der Waals surface area contributed by atoms with E-state index in [0.29, 0.717) is 6.54 Å². The highest BCUT2D eigenvalue weighted by molar-refractivity contribution is 5.45. The minimum Gasteiger partial charge on any atom is -0.326 e. The molecule has 3 heteroatoms. The topological polar surface area (TPSA) is 43.8 Å². The Morgan fingerprint density at radius 3 is 2.44 bits per heavy atom. The summed E-state index contributed by atoms with van der Waals surface area (Å²) in [7, 11) is 0. The minimum atomic E-state index is 0.582. The number of hydrogen-bond acceptors (Lipinski definition) is 2. The fourth-order valence-corrected chi connectivity index (χ4v) is 2.50. The van der Waals surface area contributed by atoms with Gasteiger partial charge in [0.15, 0.2) is 0 Å². The van der Waals surface area contributed by atoms with E-state index in [4.69, 9.17) is 5.73 Å². The van der Waals surface area contributed by atoms with Gasteiger partial charge in [-0.15, -0.1) is 0 Å². The van der Waals surface area contributed by atoms with Crippen LogP contribution in [-0.4, -0.2) is 9.78 Å². The van der Waals surface area contributed by atoms with Crippen molar-refractivity contribution >= 4 is 0 Å². The fraction of sp³-hybridized carbons (Fsp3) is 0.400. The van der Waals surface area contributed by atoms with Crippen LogP contribution in [0.3, 0.4) is 0 Å². The third-order valence-electron chi connectivity index (χ3n) is 3.52. The summed E-state index contributed by atoms with van der Waals surface area (Å²) >= 11 is 0. The first-order chi connectivity index (χ1) is 8.58. The Kier molecular flexibility index (Phi) is 3.53. The average molecular weight is 243 g/mol. The summed E-state index contributed by atoms with van der Waals surface area (Å²) in [4.78, 5) is 0. The van der Waals surface area contributed by atoms with Crippen LogP contribution in [0.1, 0.15) is 35.0 Å². The van der Waals surface area contributed by atoms with Gasteiger partial charge in [0.25, 0.3) is 0 Å². The lowest BCUT2D eigenvalue weighted by Crippen LogP contribution is -2.04. The van der Waals surface area contributed by atoms with E-state index < -0.39 is 0 Å². The molecule has 2 N–H and O–H groups in total. The van der Waals surface area contributed by atoms with Crippen molar-refractivity contribution in [3.8, 4) is 5.69 Å². The molecule has 0 saturated heterocycles. The lowest BCUT2D eigenvalue weighted by Gasteiger charge is -2.10. The van der Waals surface area contributed by atoms with Crippen LogP contribution in [0.2, 0.25) is 0 Å². The van der Waals surface area contributed by atoms with Gasteiger partial charge in [0.2, 0.25) is 0 Å². The second-order valence-corrected chi connectivity index (χ2v) is 4.74. The summed E-state index contributed by atoms with van der Waals surface area (Å²) in [5.74, 6) is 0. The number of benzene rings is 1. The van der Waals surface area contributed by atoms with Crippen LogP contribution in [0.25, 0.3) is 5.69 Å². The van der Waals surface area contributed by atoms with Gasteiger partial charge < -0.3 is 5.73 Å². The molecule has 18 heavy (non-hydrogen) atoms. The molecular formula is C15H21N3. The Morgan fingerprint density at radius 2 is 1.94 bits per heavy atom. The molecule has 0 spiro atoms. The van der Waals surface area contributed by atoms with E-state index in [1.807, 2.05) is 4.68 Å². The van der Waals surface area contributed by atoms with E-state index in [2.05, 4.69) is 51.0 Å². The first kappa shape index (κ1) is 12.8. The third kappa shape index (κ3) is 2.06. The molecule has 0 aliphatic rings. The van der Waals surface area contributed by atoms with Gasteiger partial charge >= 0.3 is 0 Å². The Balaban J connectivity index is 2.55. The van der Waals surface area contributed by atoms with E-state index in [-0.39, 0.29) is 0 Å². The molecular weight excluding hydrogens is 222 g/mol. The molecule has 0 radical (unpaired) electrons. The zero-order chi connectivity index (χ0) is 13.3. The predicted octanol–water partition coefficient (Wildman–Crippen LogP) is 2.82. The van der Waals surface area contributed by atoms with Gasteiger partial charge in [-0.3, -0.25) is 0 Å². The summed E-state index contributed by atoms with van der Waals surface area (Å²) in [5, 5.41) is 4.65. The molecule has 0 fully saturated rings. The SMILES string of the molecule is CCc1c(C)nn(-c2ccc(CN)cc2C)c1C. The van der Waals surface area contributed by atoms with Crippen LogP contribution < -0.4 is 5.73 Å². The molecule has 0 aliphatic heterocycles. The van der Waals surface area contributed by atoms with E-state index in [9.17, 15) is 0 Å². The zero-order valence-corrected chi connectivity index (χ0v) is 11.6. The average Bonchev–Trinajstić information content (AvgIpc) is 2.64. The first-order valence-electron chi connectivity index (χ1n) is 6.43. The smallest absolute Gasteiger partial charge is 0.0678 e. The van der Waals surface area contributed by atoms with E-state index >= 15 is 0 Å². The highest BCUT2D eigenvalue weighted by Crippen LogP contribution is 2.21. The third-order valence-corrected chi connectivity index (χ3v) is 3.52. The molecule has 1 aromatic carbocycles. The normalized spacial score (nSPS) is 10.9. The molecule has 0 saturated carbocycles. The maximum Gasteiger partial charge on any atom is 0.0678 e. The highest BCUT2D eigenvalue weighted by Gasteiger charge is 2.12. The summed E-state index contributed by atoms with van der Waals surface area (Å²) in [6.07, 6.45) is 1.03. The standard InChI is InChI=1S/C15H21N3/c1-5-14-11(3)17-18(12(14)4)15-7-6-13(9-16)8-10(15)2/h6-8H,5,9,16H2,1-4H3.